The predicted molar refractivity (Wildman–Crippen MR) is 133 cm³/mol. The lowest BCUT2D eigenvalue weighted by Gasteiger charge is -2.17. The smallest absolute Gasteiger partial charge is 0.267 e. The third-order valence-electron chi connectivity index (χ3n) is 5.12. The van der Waals surface area contributed by atoms with Gasteiger partial charge in [0.2, 0.25) is 15.7 Å². The number of aryl methyl sites for hydroxylation is 2. The molecule has 0 fully saturated rings. The summed E-state index contributed by atoms with van der Waals surface area (Å²) in [6.45, 7) is 10.2. The van der Waals surface area contributed by atoms with Crippen LogP contribution in [0.4, 0.5) is 11.6 Å². The van der Waals surface area contributed by atoms with Crippen molar-refractivity contribution in [3.63, 3.8) is 0 Å². The molecule has 0 spiro atoms. The Hall–Kier alpha value is -3.15. The van der Waals surface area contributed by atoms with Gasteiger partial charge in [0.15, 0.2) is 5.37 Å². The monoisotopic (exact) mass is 522 g/mol. The van der Waals surface area contributed by atoms with Crippen LogP contribution in [0.3, 0.4) is 0 Å². The molecule has 12 heteroatoms. The van der Waals surface area contributed by atoms with E-state index in [-0.39, 0.29) is 37.8 Å². The SMILES string of the molecule is C=CC(Nc1onc(C)c1Cl)S(=O)(=O)c1ccsc1C(=O)Nc1cc(C)c(C(C)=N)c(C)c1O. The number of nitrogens with zero attached hydrogens (tertiary/aromatic N) is 1. The molecular weight excluding hydrogens is 500 g/mol. The Balaban J connectivity index is 1.94. The first-order valence-corrected chi connectivity index (χ1v) is 12.7. The van der Waals surface area contributed by atoms with E-state index in [1.54, 1.807) is 27.7 Å². The van der Waals surface area contributed by atoms with Crippen molar-refractivity contribution in [2.45, 2.75) is 38.0 Å². The number of carbonyl (C=O) groups excluding carboxylic acids is 1. The van der Waals surface area contributed by atoms with Crippen molar-refractivity contribution in [3.05, 3.63) is 62.5 Å². The number of aromatic hydroxyl groups is 1. The number of amides is 1. The van der Waals surface area contributed by atoms with Crippen LogP contribution in [0.15, 0.2) is 39.6 Å². The van der Waals surface area contributed by atoms with Crippen LogP contribution in [0.1, 0.15) is 39.0 Å². The molecule has 3 rings (SSSR count). The lowest BCUT2D eigenvalue weighted by molar-refractivity contribution is 0.102. The fourth-order valence-corrected chi connectivity index (χ4v) is 6.27. The quantitative estimate of drug-likeness (QED) is 0.184. The minimum Gasteiger partial charge on any atom is -0.505 e. The van der Waals surface area contributed by atoms with Gasteiger partial charge in [0.25, 0.3) is 5.91 Å². The van der Waals surface area contributed by atoms with Crippen molar-refractivity contribution in [2.75, 3.05) is 10.6 Å². The molecule has 9 nitrogen and oxygen atoms in total. The third kappa shape index (κ3) is 4.59. The van der Waals surface area contributed by atoms with Crippen molar-refractivity contribution in [2.24, 2.45) is 0 Å². The van der Waals surface area contributed by atoms with Crippen LogP contribution in [0.2, 0.25) is 5.02 Å². The van der Waals surface area contributed by atoms with Gasteiger partial charge in [-0.15, -0.1) is 11.3 Å². The first-order chi connectivity index (χ1) is 15.9. The number of hydrogen-bond acceptors (Lipinski definition) is 9. The maximum Gasteiger partial charge on any atom is 0.267 e. The molecule has 0 saturated heterocycles. The predicted octanol–water partition coefficient (Wildman–Crippen LogP) is 5.06. The fourth-order valence-electron chi connectivity index (χ4n) is 3.49. The van der Waals surface area contributed by atoms with Gasteiger partial charge in [0.1, 0.15) is 21.3 Å². The number of thiophene rings is 1. The van der Waals surface area contributed by atoms with Gasteiger partial charge < -0.3 is 25.7 Å². The van der Waals surface area contributed by atoms with E-state index in [2.05, 4.69) is 22.4 Å². The van der Waals surface area contributed by atoms with Crippen LogP contribution in [-0.2, 0) is 9.84 Å². The van der Waals surface area contributed by atoms with Crippen LogP contribution >= 0.6 is 22.9 Å². The molecule has 0 aliphatic heterocycles. The Labute approximate surface area is 205 Å². The minimum absolute atomic E-state index is 0.0358. The van der Waals surface area contributed by atoms with Crippen molar-refractivity contribution < 1.29 is 22.8 Å². The minimum atomic E-state index is -4.14. The largest absolute Gasteiger partial charge is 0.505 e. The number of carbonyl (C=O) groups is 1. The molecule has 3 aromatic rings. The maximum absolute atomic E-state index is 13.3. The number of halogens is 1. The molecule has 1 amide bonds. The van der Waals surface area contributed by atoms with E-state index >= 15 is 0 Å². The number of phenols is 1. The first-order valence-electron chi connectivity index (χ1n) is 9.92. The summed E-state index contributed by atoms with van der Waals surface area (Å²) >= 11 is 7.02. The van der Waals surface area contributed by atoms with E-state index in [1.165, 1.54) is 17.5 Å². The van der Waals surface area contributed by atoms with Gasteiger partial charge >= 0.3 is 0 Å². The summed E-state index contributed by atoms with van der Waals surface area (Å²) in [7, 11) is -4.14. The highest BCUT2D eigenvalue weighted by molar-refractivity contribution is 7.92. The number of rotatable bonds is 8. The molecule has 4 N–H and O–H groups in total. The summed E-state index contributed by atoms with van der Waals surface area (Å²) in [4.78, 5) is 12.8. The molecule has 34 heavy (non-hydrogen) atoms. The molecule has 0 aliphatic carbocycles. The molecule has 1 atom stereocenters. The Kier molecular flexibility index (Phi) is 7.20. The summed E-state index contributed by atoms with van der Waals surface area (Å²) in [5.41, 5.74) is 2.49. The maximum atomic E-state index is 13.3. The van der Waals surface area contributed by atoms with Crippen LogP contribution in [-0.4, -0.2) is 35.7 Å². The fraction of sp³-hybridized carbons (Fsp3) is 0.227. The van der Waals surface area contributed by atoms with E-state index in [0.717, 1.165) is 17.4 Å². The number of nitrogens with one attached hydrogen (secondary N) is 3. The molecule has 180 valence electrons. The van der Waals surface area contributed by atoms with Gasteiger partial charge in [-0.2, -0.15) is 0 Å². The second-order valence-electron chi connectivity index (χ2n) is 7.54. The number of sulfone groups is 1. The van der Waals surface area contributed by atoms with E-state index in [0.29, 0.717) is 22.4 Å². The molecular formula is C22H23ClN4O5S2. The summed E-state index contributed by atoms with van der Waals surface area (Å²) in [5, 5.41) is 27.6. The number of phenolic OH excluding ortho intramolecular Hbond substituents is 1. The second-order valence-corrected chi connectivity index (χ2v) is 10.9. The molecule has 0 bridgehead atoms. The summed E-state index contributed by atoms with van der Waals surface area (Å²) < 4.78 is 31.7. The highest BCUT2D eigenvalue weighted by Gasteiger charge is 2.32. The van der Waals surface area contributed by atoms with E-state index in [1.807, 2.05) is 0 Å². The lowest BCUT2D eigenvalue weighted by Crippen LogP contribution is -2.28. The first kappa shape index (κ1) is 25.5. The van der Waals surface area contributed by atoms with E-state index < -0.39 is 21.1 Å². The van der Waals surface area contributed by atoms with Gasteiger partial charge in [0, 0.05) is 16.8 Å². The van der Waals surface area contributed by atoms with E-state index in [4.69, 9.17) is 21.5 Å². The van der Waals surface area contributed by atoms with Crippen LogP contribution < -0.4 is 10.6 Å². The molecule has 1 aromatic carbocycles. The highest BCUT2D eigenvalue weighted by Crippen LogP contribution is 2.35. The van der Waals surface area contributed by atoms with Crippen LogP contribution in [0, 0.1) is 26.2 Å². The summed E-state index contributed by atoms with van der Waals surface area (Å²) in [5.74, 6) is -0.938. The van der Waals surface area contributed by atoms with Crippen LogP contribution in [0.25, 0.3) is 0 Å². The van der Waals surface area contributed by atoms with Crippen molar-refractivity contribution >= 4 is 56.0 Å². The Morgan fingerprint density at radius 2 is 2.06 bits per heavy atom. The average molecular weight is 523 g/mol. The van der Waals surface area contributed by atoms with E-state index in [9.17, 15) is 18.3 Å². The normalized spacial score (nSPS) is 12.3. The average Bonchev–Trinajstić information content (AvgIpc) is 3.38. The highest BCUT2D eigenvalue weighted by atomic mass is 35.5. The number of aromatic nitrogens is 1. The standard InChI is InChI=1S/C22H23ClN4O5S2/c1-6-16(26-22-18(23)13(5)27-32-22)34(30,31)15-7-8-33-20(15)21(29)25-14-9-10(2)17(12(4)24)11(3)19(14)28/h6-9,16,24,26,28H,1H2,2-5H3,(H,25,29). The number of benzene rings is 1. The third-order valence-corrected chi connectivity index (χ3v) is 8.54. The van der Waals surface area contributed by atoms with Crippen molar-refractivity contribution in [3.8, 4) is 5.75 Å². The second kappa shape index (κ2) is 9.61. The Morgan fingerprint density at radius 1 is 1.38 bits per heavy atom. The lowest BCUT2D eigenvalue weighted by atomic mass is 9.97. The van der Waals surface area contributed by atoms with Gasteiger partial charge in [-0.3, -0.25) is 4.79 Å². The zero-order valence-electron chi connectivity index (χ0n) is 18.8. The van der Waals surface area contributed by atoms with Gasteiger partial charge in [-0.05, 0) is 50.8 Å². The topological polar surface area (TPSA) is 145 Å². The van der Waals surface area contributed by atoms with Crippen LogP contribution in [0.5, 0.6) is 5.75 Å². The summed E-state index contributed by atoms with van der Waals surface area (Å²) in [6.07, 6.45) is 1.15. The molecule has 2 heterocycles. The zero-order chi connectivity index (χ0) is 25.4. The Bertz CT molecular complexity index is 1410. The zero-order valence-corrected chi connectivity index (χ0v) is 21.2. The van der Waals surface area contributed by atoms with Crippen molar-refractivity contribution in [1.29, 1.82) is 5.41 Å². The number of anilines is 2. The molecule has 0 saturated carbocycles. The van der Waals surface area contributed by atoms with Gasteiger partial charge in [-0.1, -0.05) is 29.4 Å². The Morgan fingerprint density at radius 3 is 2.62 bits per heavy atom. The van der Waals surface area contributed by atoms with Gasteiger partial charge in [-0.25, -0.2) is 8.42 Å². The number of hydrogen-bond donors (Lipinski definition) is 4. The van der Waals surface area contributed by atoms with Crippen molar-refractivity contribution in [1.82, 2.24) is 5.16 Å². The van der Waals surface area contributed by atoms with Gasteiger partial charge in [0.05, 0.1) is 10.6 Å². The summed E-state index contributed by atoms with van der Waals surface area (Å²) in [6, 6.07) is 2.86. The molecule has 0 radical (unpaired) electrons. The molecule has 2 aromatic heterocycles. The molecule has 0 aliphatic rings. The molecule has 1 unspecified atom stereocenters.